The molecule has 1 atom stereocenters. The lowest BCUT2D eigenvalue weighted by Crippen LogP contribution is -1.87. The molecule has 1 nitrogen and oxygen atoms in total. The maximum absolute atomic E-state index is 4.18. The van der Waals surface area contributed by atoms with E-state index in [1.54, 1.807) is 22.1 Å². The Bertz CT molecular complexity index is 186. The van der Waals surface area contributed by atoms with Crippen molar-refractivity contribution in [3.8, 4) is 0 Å². The third-order valence-corrected chi connectivity index (χ3v) is 5.44. The third kappa shape index (κ3) is 3.49. The Hall–Kier alpha value is 0.330. The van der Waals surface area contributed by atoms with E-state index in [0.29, 0.717) is 0 Å². The fraction of sp³-hybridized carbons (Fsp3) is 0.571. The van der Waals surface area contributed by atoms with Crippen LogP contribution in [0.2, 0.25) is 0 Å². The van der Waals surface area contributed by atoms with E-state index in [-0.39, 0.29) is 0 Å². The van der Waals surface area contributed by atoms with E-state index in [2.05, 4.69) is 18.8 Å². The van der Waals surface area contributed by atoms with E-state index in [4.69, 9.17) is 0 Å². The van der Waals surface area contributed by atoms with Gasteiger partial charge in [0.2, 0.25) is 0 Å². The average Bonchev–Trinajstić information content (AvgIpc) is 2.52. The molecule has 0 aliphatic heterocycles. The Balaban J connectivity index is 2.23. The van der Waals surface area contributed by atoms with Gasteiger partial charge in [0.25, 0.3) is 0 Å². The van der Waals surface area contributed by atoms with Crippen molar-refractivity contribution in [3.05, 3.63) is 11.6 Å². The molecule has 1 aromatic heterocycles. The van der Waals surface area contributed by atoms with Crippen LogP contribution in [-0.4, -0.2) is 10.2 Å². The highest BCUT2D eigenvalue weighted by atomic mass is 33.1. The van der Waals surface area contributed by atoms with Gasteiger partial charge in [-0.05, 0) is 17.2 Å². The summed E-state index contributed by atoms with van der Waals surface area (Å²) in [6.45, 7) is 4.45. The fourth-order valence-electron chi connectivity index (χ4n) is 0.443. The van der Waals surface area contributed by atoms with E-state index in [0.717, 1.165) is 9.59 Å². The van der Waals surface area contributed by atoms with Crippen LogP contribution >= 0.6 is 32.9 Å². The van der Waals surface area contributed by atoms with E-state index >= 15 is 0 Å². The quantitative estimate of drug-likeness (QED) is 0.696. The standard InChI is InChI=1S/C7H11NS3/c1-3-6(2)10-11-7-8-4-5-9-7/h4-6H,3H2,1-2H3/t6-/m0/s1. The fourth-order valence-corrected chi connectivity index (χ4v) is 3.60. The van der Waals surface area contributed by atoms with E-state index in [1.165, 1.54) is 6.42 Å². The minimum atomic E-state index is 0.726. The molecule has 0 unspecified atom stereocenters. The first-order valence-corrected chi connectivity index (χ1v) is 6.65. The average molecular weight is 205 g/mol. The molecule has 0 radical (unpaired) electrons. The van der Waals surface area contributed by atoms with Crippen LogP contribution in [0, 0.1) is 0 Å². The molecule has 1 rings (SSSR count). The summed E-state index contributed by atoms with van der Waals surface area (Å²) >= 11 is 1.71. The maximum Gasteiger partial charge on any atom is 0.160 e. The highest BCUT2D eigenvalue weighted by Crippen LogP contribution is 2.36. The Morgan fingerprint density at radius 2 is 2.55 bits per heavy atom. The van der Waals surface area contributed by atoms with Crippen LogP contribution in [0.5, 0.6) is 0 Å². The molecular weight excluding hydrogens is 194 g/mol. The minimum absolute atomic E-state index is 0.726. The molecule has 0 bridgehead atoms. The Kier molecular flexibility index (Phi) is 4.33. The zero-order chi connectivity index (χ0) is 8.10. The van der Waals surface area contributed by atoms with Crippen LogP contribution < -0.4 is 0 Å². The summed E-state index contributed by atoms with van der Waals surface area (Å²) in [6.07, 6.45) is 3.08. The predicted octanol–water partition coefficient (Wildman–Crippen LogP) is 3.68. The van der Waals surface area contributed by atoms with Crippen molar-refractivity contribution in [1.29, 1.82) is 0 Å². The largest absolute Gasteiger partial charge is 0.237 e. The highest BCUT2D eigenvalue weighted by molar-refractivity contribution is 8.77. The van der Waals surface area contributed by atoms with Gasteiger partial charge in [0.15, 0.2) is 4.34 Å². The number of hydrogen-bond acceptors (Lipinski definition) is 4. The van der Waals surface area contributed by atoms with Gasteiger partial charge in [-0.2, -0.15) is 0 Å². The zero-order valence-electron chi connectivity index (χ0n) is 6.61. The van der Waals surface area contributed by atoms with Crippen LogP contribution in [0.25, 0.3) is 0 Å². The molecule has 1 aromatic rings. The maximum atomic E-state index is 4.18. The molecule has 0 saturated carbocycles. The smallest absolute Gasteiger partial charge is 0.160 e. The molecule has 0 fully saturated rings. The van der Waals surface area contributed by atoms with E-state index in [9.17, 15) is 0 Å². The molecule has 0 aliphatic carbocycles. The lowest BCUT2D eigenvalue weighted by Gasteiger charge is -2.03. The second-order valence-corrected chi connectivity index (χ2v) is 5.98. The number of aromatic nitrogens is 1. The minimum Gasteiger partial charge on any atom is -0.237 e. The Labute approximate surface area is 79.4 Å². The van der Waals surface area contributed by atoms with Crippen LogP contribution in [0.3, 0.4) is 0 Å². The summed E-state index contributed by atoms with van der Waals surface area (Å²) in [4.78, 5) is 4.18. The number of thiazole rings is 1. The summed E-state index contributed by atoms with van der Waals surface area (Å²) in [5, 5.41) is 2.74. The molecule has 11 heavy (non-hydrogen) atoms. The van der Waals surface area contributed by atoms with Crippen LogP contribution in [-0.2, 0) is 0 Å². The summed E-state index contributed by atoms with van der Waals surface area (Å²) in [7, 11) is 3.68. The molecule has 62 valence electrons. The zero-order valence-corrected chi connectivity index (χ0v) is 9.06. The number of nitrogens with zero attached hydrogens (tertiary/aromatic N) is 1. The second-order valence-electron chi connectivity index (χ2n) is 2.20. The van der Waals surface area contributed by atoms with Gasteiger partial charge >= 0.3 is 0 Å². The van der Waals surface area contributed by atoms with Crippen molar-refractivity contribution >= 4 is 32.9 Å². The molecule has 4 heteroatoms. The molecule has 1 heterocycles. The monoisotopic (exact) mass is 205 g/mol. The predicted molar refractivity (Wildman–Crippen MR) is 55.3 cm³/mol. The third-order valence-electron chi connectivity index (χ3n) is 1.27. The first kappa shape index (κ1) is 9.42. The lowest BCUT2D eigenvalue weighted by molar-refractivity contribution is 0.912. The van der Waals surface area contributed by atoms with Gasteiger partial charge in [0.05, 0.1) is 0 Å². The summed E-state index contributed by atoms with van der Waals surface area (Å²) in [5.41, 5.74) is 0. The van der Waals surface area contributed by atoms with Crippen molar-refractivity contribution < 1.29 is 0 Å². The van der Waals surface area contributed by atoms with Crippen molar-refractivity contribution in [2.45, 2.75) is 29.9 Å². The van der Waals surface area contributed by atoms with Gasteiger partial charge in [0.1, 0.15) is 0 Å². The number of rotatable bonds is 4. The Morgan fingerprint density at radius 3 is 3.09 bits per heavy atom. The van der Waals surface area contributed by atoms with E-state index < -0.39 is 0 Å². The molecule has 0 aliphatic rings. The van der Waals surface area contributed by atoms with Crippen molar-refractivity contribution in [2.24, 2.45) is 0 Å². The first-order valence-electron chi connectivity index (χ1n) is 3.55. The van der Waals surface area contributed by atoms with Crippen molar-refractivity contribution in [2.75, 3.05) is 0 Å². The summed E-state index contributed by atoms with van der Waals surface area (Å²) < 4.78 is 1.16. The van der Waals surface area contributed by atoms with Gasteiger partial charge in [-0.1, -0.05) is 24.6 Å². The summed E-state index contributed by atoms with van der Waals surface area (Å²) in [6, 6.07) is 0. The van der Waals surface area contributed by atoms with Gasteiger partial charge in [-0.3, -0.25) is 0 Å². The second kappa shape index (κ2) is 5.06. The summed E-state index contributed by atoms with van der Waals surface area (Å²) in [5.74, 6) is 0. The van der Waals surface area contributed by atoms with Crippen LogP contribution in [0.4, 0.5) is 0 Å². The van der Waals surface area contributed by atoms with Crippen LogP contribution in [0.1, 0.15) is 20.3 Å². The highest BCUT2D eigenvalue weighted by Gasteiger charge is 2.01. The van der Waals surface area contributed by atoms with Gasteiger partial charge < -0.3 is 0 Å². The van der Waals surface area contributed by atoms with E-state index in [1.807, 2.05) is 22.4 Å². The molecule has 0 amide bonds. The molecule has 0 N–H and O–H groups in total. The number of hydrogen-bond donors (Lipinski definition) is 0. The van der Waals surface area contributed by atoms with Gasteiger partial charge in [0, 0.05) is 16.8 Å². The molecular formula is C7H11NS3. The molecule has 0 aromatic carbocycles. The first-order chi connectivity index (χ1) is 5.33. The molecule has 0 saturated heterocycles. The SMILES string of the molecule is CC[C@H](C)SSc1nccs1. The lowest BCUT2D eigenvalue weighted by atomic mass is 10.4. The van der Waals surface area contributed by atoms with Crippen molar-refractivity contribution in [1.82, 2.24) is 4.98 Å². The topological polar surface area (TPSA) is 12.9 Å². The Morgan fingerprint density at radius 1 is 1.73 bits per heavy atom. The normalized spacial score (nSPS) is 13.3. The molecule has 0 spiro atoms. The van der Waals surface area contributed by atoms with Crippen molar-refractivity contribution in [3.63, 3.8) is 0 Å². The van der Waals surface area contributed by atoms with Gasteiger partial charge in [-0.25, -0.2) is 4.98 Å². The van der Waals surface area contributed by atoms with Gasteiger partial charge in [-0.15, -0.1) is 11.3 Å². The van der Waals surface area contributed by atoms with Crippen LogP contribution in [0.15, 0.2) is 15.9 Å².